The lowest BCUT2D eigenvalue weighted by Gasteiger charge is -2.05. The van der Waals surface area contributed by atoms with E-state index in [9.17, 15) is 14.9 Å². The molecule has 0 aliphatic heterocycles. The van der Waals surface area contributed by atoms with Crippen molar-refractivity contribution in [1.29, 1.82) is 5.26 Å². The summed E-state index contributed by atoms with van der Waals surface area (Å²) in [6, 6.07) is 12.3. The zero-order chi connectivity index (χ0) is 16.6. The van der Waals surface area contributed by atoms with Crippen LogP contribution in [-0.4, -0.2) is 4.92 Å². The second-order valence-corrected chi connectivity index (χ2v) is 4.80. The average molecular weight is 307 g/mol. The van der Waals surface area contributed by atoms with Crippen molar-refractivity contribution in [3.05, 3.63) is 68.4 Å². The number of rotatable bonds is 2. The highest BCUT2D eigenvalue weighted by Gasteiger charge is 2.21. The van der Waals surface area contributed by atoms with Crippen LogP contribution in [0.4, 0.5) is 11.4 Å². The smallest absolute Gasteiger partial charge is 0.334 e. The minimum absolute atomic E-state index is 0.0809. The number of anilines is 1. The summed E-state index contributed by atoms with van der Waals surface area (Å²) in [5.74, 6) is 0.167. The van der Waals surface area contributed by atoms with E-state index >= 15 is 0 Å². The first-order valence-corrected chi connectivity index (χ1v) is 6.52. The van der Waals surface area contributed by atoms with Crippen LogP contribution in [0.15, 0.2) is 51.7 Å². The van der Waals surface area contributed by atoms with E-state index in [1.807, 2.05) is 6.07 Å². The van der Waals surface area contributed by atoms with Crippen molar-refractivity contribution in [2.24, 2.45) is 0 Å². The van der Waals surface area contributed by atoms with Crippen molar-refractivity contribution in [2.45, 2.75) is 0 Å². The molecule has 112 valence electrons. The normalized spacial score (nSPS) is 10.4. The summed E-state index contributed by atoms with van der Waals surface area (Å²) in [6.07, 6.45) is 0. The van der Waals surface area contributed by atoms with Crippen LogP contribution in [0.5, 0.6) is 0 Å². The van der Waals surface area contributed by atoms with Gasteiger partial charge in [0.1, 0.15) is 11.4 Å². The Morgan fingerprint density at radius 1 is 1.17 bits per heavy atom. The van der Waals surface area contributed by atoms with Gasteiger partial charge in [0, 0.05) is 11.6 Å². The maximum absolute atomic E-state index is 12.2. The maximum atomic E-state index is 12.2. The number of hydrogen-bond acceptors (Lipinski definition) is 6. The van der Waals surface area contributed by atoms with E-state index in [4.69, 9.17) is 15.4 Å². The molecule has 2 aromatic carbocycles. The Labute approximate surface area is 129 Å². The molecule has 0 saturated carbocycles. The van der Waals surface area contributed by atoms with Gasteiger partial charge in [0.25, 0.3) is 0 Å². The summed E-state index contributed by atoms with van der Waals surface area (Å²) in [5, 5.41) is 20.1. The summed E-state index contributed by atoms with van der Waals surface area (Å²) >= 11 is 0. The van der Waals surface area contributed by atoms with Crippen LogP contribution in [-0.2, 0) is 0 Å². The first kappa shape index (κ1) is 14.3. The van der Waals surface area contributed by atoms with Crippen molar-refractivity contribution in [3.63, 3.8) is 0 Å². The van der Waals surface area contributed by atoms with Gasteiger partial charge in [-0.25, -0.2) is 0 Å². The third-order valence-corrected chi connectivity index (χ3v) is 3.38. The van der Waals surface area contributed by atoms with Crippen LogP contribution < -0.4 is 11.2 Å². The van der Waals surface area contributed by atoms with E-state index in [0.717, 1.165) is 0 Å². The molecule has 0 spiro atoms. The van der Waals surface area contributed by atoms with E-state index in [-0.39, 0.29) is 22.4 Å². The fourth-order valence-corrected chi connectivity index (χ4v) is 2.26. The number of hydrogen-bond donors (Lipinski definition) is 1. The predicted octanol–water partition coefficient (Wildman–Crippen LogP) is 2.82. The van der Waals surface area contributed by atoms with Gasteiger partial charge in [0.15, 0.2) is 5.43 Å². The molecule has 2 N–H and O–H groups in total. The summed E-state index contributed by atoms with van der Waals surface area (Å²) in [5.41, 5.74) is 5.51. The summed E-state index contributed by atoms with van der Waals surface area (Å²) in [6.45, 7) is 0. The molecule has 0 amide bonds. The van der Waals surface area contributed by atoms with Gasteiger partial charge in [-0.15, -0.1) is 0 Å². The molecule has 0 saturated heterocycles. The van der Waals surface area contributed by atoms with E-state index in [2.05, 4.69) is 0 Å². The number of nitriles is 1. The standard InChI is InChI=1S/C16H9N3O4/c17-8-9-1-3-10(4-2-9)14-7-13(20)11-5-6-12(18)15(19(21)22)16(11)23-14/h1-7H,18H2. The molecule has 0 atom stereocenters. The largest absolute Gasteiger partial charge is 0.448 e. The average Bonchev–Trinajstić information content (AvgIpc) is 2.54. The van der Waals surface area contributed by atoms with Crippen molar-refractivity contribution < 1.29 is 9.34 Å². The fraction of sp³-hybridized carbons (Fsp3) is 0. The second-order valence-electron chi connectivity index (χ2n) is 4.80. The highest BCUT2D eigenvalue weighted by Crippen LogP contribution is 2.32. The van der Waals surface area contributed by atoms with Gasteiger partial charge in [0.05, 0.1) is 21.9 Å². The minimum atomic E-state index is -0.677. The Bertz CT molecular complexity index is 1030. The molecule has 1 aromatic heterocycles. The van der Waals surface area contributed by atoms with Crippen LogP contribution in [0.2, 0.25) is 0 Å². The Morgan fingerprint density at radius 2 is 1.87 bits per heavy atom. The van der Waals surface area contributed by atoms with Crippen LogP contribution in [0, 0.1) is 21.4 Å². The highest BCUT2D eigenvalue weighted by molar-refractivity contribution is 5.92. The van der Waals surface area contributed by atoms with Gasteiger partial charge in [-0.3, -0.25) is 14.9 Å². The molecular formula is C16H9N3O4. The lowest BCUT2D eigenvalue weighted by molar-refractivity contribution is -0.382. The molecule has 0 bridgehead atoms. The van der Waals surface area contributed by atoms with E-state index in [0.29, 0.717) is 11.1 Å². The van der Waals surface area contributed by atoms with Crippen LogP contribution >= 0.6 is 0 Å². The van der Waals surface area contributed by atoms with E-state index in [1.54, 1.807) is 24.3 Å². The van der Waals surface area contributed by atoms with E-state index < -0.39 is 16.0 Å². The fourth-order valence-electron chi connectivity index (χ4n) is 2.26. The Morgan fingerprint density at radius 3 is 2.48 bits per heavy atom. The predicted molar refractivity (Wildman–Crippen MR) is 83.7 cm³/mol. The number of fused-ring (bicyclic) bond motifs is 1. The monoisotopic (exact) mass is 307 g/mol. The SMILES string of the molecule is N#Cc1ccc(-c2cc(=O)c3ccc(N)c([N+](=O)[O-])c3o2)cc1. The first-order valence-electron chi connectivity index (χ1n) is 6.52. The lowest BCUT2D eigenvalue weighted by Crippen LogP contribution is -2.04. The van der Waals surface area contributed by atoms with Gasteiger partial charge >= 0.3 is 5.69 Å². The zero-order valence-electron chi connectivity index (χ0n) is 11.6. The first-order chi connectivity index (χ1) is 11.0. The number of nitrogen functional groups attached to an aromatic ring is 1. The lowest BCUT2D eigenvalue weighted by atomic mass is 10.1. The number of benzene rings is 2. The third-order valence-electron chi connectivity index (χ3n) is 3.38. The molecule has 0 unspecified atom stereocenters. The molecule has 0 radical (unpaired) electrons. The van der Waals surface area contributed by atoms with Crippen molar-refractivity contribution >= 4 is 22.3 Å². The van der Waals surface area contributed by atoms with Gasteiger partial charge < -0.3 is 10.2 Å². The van der Waals surface area contributed by atoms with E-state index in [1.165, 1.54) is 18.2 Å². The van der Waals surface area contributed by atoms with Gasteiger partial charge in [-0.05, 0) is 36.4 Å². The molecular weight excluding hydrogens is 298 g/mol. The molecule has 0 fully saturated rings. The van der Waals surface area contributed by atoms with Crippen molar-refractivity contribution in [3.8, 4) is 17.4 Å². The number of nitrogens with two attached hydrogens (primary N) is 1. The molecule has 3 aromatic rings. The Balaban J connectivity index is 2.31. The maximum Gasteiger partial charge on any atom is 0.334 e. The quantitative estimate of drug-likeness (QED) is 0.441. The summed E-state index contributed by atoms with van der Waals surface area (Å²) in [4.78, 5) is 22.7. The van der Waals surface area contributed by atoms with Crippen molar-refractivity contribution in [1.82, 2.24) is 0 Å². The van der Waals surface area contributed by atoms with Crippen LogP contribution in [0.25, 0.3) is 22.3 Å². The summed E-state index contributed by atoms with van der Waals surface area (Å²) in [7, 11) is 0. The highest BCUT2D eigenvalue weighted by atomic mass is 16.6. The number of nitrogens with zero attached hydrogens (tertiary/aromatic N) is 2. The van der Waals surface area contributed by atoms with Crippen LogP contribution in [0.3, 0.4) is 0 Å². The topological polar surface area (TPSA) is 123 Å². The number of nitro benzene ring substituents is 1. The molecule has 3 rings (SSSR count). The zero-order valence-corrected chi connectivity index (χ0v) is 11.6. The molecule has 0 aliphatic rings. The minimum Gasteiger partial charge on any atom is -0.448 e. The van der Waals surface area contributed by atoms with Gasteiger partial charge in [-0.2, -0.15) is 5.26 Å². The molecule has 0 aliphatic carbocycles. The van der Waals surface area contributed by atoms with Crippen LogP contribution in [0.1, 0.15) is 5.56 Å². The number of nitro groups is 1. The molecule has 1 heterocycles. The van der Waals surface area contributed by atoms with Gasteiger partial charge in [-0.1, -0.05) is 0 Å². The molecule has 7 heteroatoms. The summed E-state index contributed by atoms with van der Waals surface area (Å²) < 4.78 is 5.57. The second kappa shape index (κ2) is 5.27. The van der Waals surface area contributed by atoms with Gasteiger partial charge in [0.2, 0.25) is 5.58 Å². The third kappa shape index (κ3) is 2.38. The van der Waals surface area contributed by atoms with Crippen molar-refractivity contribution in [2.75, 3.05) is 5.73 Å². The Kier molecular flexibility index (Phi) is 3.27. The molecule has 7 nitrogen and oxygen atoms in total. The molecule has 23 heavy (non-hydrogen) atoms. The Hall–Kier alpha value is -3.66.